The van der Waals surface area contributed by atoms with E-state index in [4.69, 9.17) is 11.5 Å². The largest absolute Gasteiger partial charge is 0.399 e. The fourth-order valence-corrected chi connectivity index (χ4v) is 2.11. The normalized spacial score (nSPS) is 10.8. The van der Waals surface area contributed by atoms with Crippen LogP contribution in [0.5, 0.6) is 0 Å². The second-order valence-corrected chi connectivity index (χ2v) is 5.04. The molecule has 2 aromatic rings. The Hall–Kier alpha value is -1.96. The highest BCUT2D eigenvalue weighted by Gasteiger charge is 2.05. The molecule has 0 amide bonds. The summed E-state index contributed by atoms with van der Waals surface area (Å²) < 4.78 is 0. The SMILES string of the molecule is CC(C)c1cc(Cc2ccc(N)cc2)ccc1N. The second-order valence-electron chi connectivity index (χ2n) is 5.04. The third kappa shape index (κ3) is 2.83. The summed E-state index contributed by atoms with van der Waals surface area (Å²) in [6.07, 6.45) is 0.917. The van der Waals surface area contributed by atoms with E-state index < -0.39 is 0 Å². The van der Waals surface area contributed by atoms with E-state index in [0.29, 0.717) is 5.92 Å². The van der Waals surface area contributed by atoms with Gasteiger partial charge in [-0.05, 0) is 47.2 Å². The first kappa shape index (κ1) is 12.5. The van der Waals surface area contributed by atoms with Gasteiger partial charge < -0.3 is 11.5 Å². The van der Waals surface area contributed by atoms with Crippen LogP contribution >= 0.6 is 0 Å². The summed E-state index contributed by atoms with van der Waals surface area (Å²) >= 11 is 0. The molecule has 2 rings (SSSR count). The van der Waals surface area contributed by atoms with Crippen LogP contribution in [-0.4, -0.2) is 0 Å². The molecule has 18 heavy (non-hydrogen) atoms. The second kappa shape index (κ2) is 5.13. The minimum Gasteiger partial charge on any atom is -0.399 e. The molecule has 0 aliphatic carbocycles. The molecule has 0 heterocycles. The molecule has 0 atom stereocenters. The minimum absolute atomic E-state index is 0.455. The van der Waals surface area contributed by atoms with Crippen LogP contribution in [-0.2, 0) is 6.42 Å². The molecule has 0 saturated carbocycles. The van der Waals surface area contributed by atoms with Gasteiger partial charge in [-0.25, -0.2) is 0 Å². The summed E-state index contributed by atoms with van der Waals surface area (Å²) in [5.74, 6) is 0.455. The quantitative estimate of drug-likeness (QED) is 0.806. The Morgan fingerprint density at radius 2 is 1.50 bits per heavy atom. The predicted octanol–water partition coefficient (Wildman–Crippen LogP) is 3.57. The summed E-state index contributed by atoms with van der Waals surface area (Å²) in [6.45, 7) is 4.33. The van der Waals surface area contributed by atoms with E-state index >= 15 is 0 Å². The van der Waals surface area contributed by atoms with Crippen molar-refractivity contribution in [3.63, 3.8) is 0 Å². The van der Waals surface area contributed by atoms with E-state index in [1.54, 1.807) is 0 Å². The molecule has 2 heteroatoms. The Morgan fingerprint density at radius 1 is 0.889 bits per heavy atom. The van der Waals surface area contributed by atoms with Crippen LogP contribution in [0.15, 0.2) is 42.5 Å². The topological polar surface area (TPSA) is 52.0 Å². The van der Waals surface area contributed by atoms with E-state index in [1.807, 2.05) is 18.2 Å². The van der Waals surface area contributed by atoms with Gasteiger partial charge in [0.1, 0.15) is 0 Å². The number of hydrogen-bond donors (Lipinski definition) is 2. The number of nitrogens with two attached hydrogens (primary N) is 2. The van der Waals surface area contributed by atoms with Crippen LogP contribution in [0.3, 0.4) is 0 Å². The molecular weight excluding hydrogens is 220 g/mol. The van der Waals surface area contributed by atoms with Gasteiger partial charge in [0.15, 0.2) is 0 Å². The maximum atomic E-state index is 5.99. The molecule has 0 spiro atoms. The number of rotatable bonds is 3. The third-order valence-electron chi connectivity index (χ3n) is 3.16. The molecule has 0 aromatic heterocycles. The van der Waals surface area contributed by atoms with E-state index in [2.05, 4.69) is 38.1 Å². The maximum absolute atomic E-state index is 5.99. The van der Waals surface area contributed by atoms with E-state index in [-0.39, 0.29) is 0 Å². The minimum atomic E-state index is 0.455. The molecular formula is C16H20N2. The van der Waals surface area contributed by atoms with Crippen LogP contribution in [0, 0.1) is 0 Å². The van der Waals surface area contributed by atoms with Gasteiger partial charge in [0.2, 0.25) is 0 Å². The molecule has 4 N–H and O–H groups in total. The predicted molar refractivity (Wildman–Crippen MR) is 78.6 cm³/mol. The van der Waals surface area contributed by atoms with Crippen molar-refractivity contribution in [2.45, 2.75) is 26.2 Å². The fourth-order valence-electron chi connectivity index (χ4n) is 2.11. The van der Waals surface area contributed by atoms with Crippen molar-refractivity contribution < 1.29 is 0 Å². The lowest BCUT2D eigenvalue weighted by Gasteiger charge is -2.12. The summed E-state index contributed by atoms with van der Waals surface area (Å²) in [5, 5.41) is 0. The van der Waals surface area contributed by atoms with Crippen molar-refractivity contribution in [3.8, 4) is 0 Å². The van der Waals surface area contributed by atoms with Gasteiger partial charge in [-0.2, -0.15) is 0 Å². The number of hydrogen-bond acceptors (Lipinski definition) is 2. The average molecular weight is 240 g/mol. The van der Waals surface area contributed by atoms with E-state index in [0.717, 1.165) is 17.8 Å². The van der Waals surface area contributed by atoms with Crippen molar-refractivity contribution in [2.75, 3.05) is 11.5 Å². The van der Waals surface area contributed by atoms with Crippen molar-refractivity contribution in [1.29, 1.82) is 0 Å². The molecule has 0 saturated heterocycles. The van der Waals surface area contributed by atoms with Crippen molar-refractivity contribution in [3.05, 3.63) is 59.2 Å². The van der Waals surface area contributed by atoms with Crippen LogP contribution in [0.2, 0.25) is 0 Å². The lowest BCUT2D eigenvalue weighted by Crippen LogP contribution is -1.98. The highest BCUT2D eigenvalue weighted by molar-refractivity contribution is 5.51. The molecule has 0 radical (unpaired) electrons. The van der Waals surface area contributed by atoms with Crippen LogP contribution < -0.4 is 11.5 Å². The van der Waals surface area contributed by atoms with Crippen LogP contribution in [0.1, 0.15) is 36.5 Å². The summed E-state index contributed by atoms with van der Waals surface area (Å²) in [4.78, 5) is 0. The summed E-state index contributed by atoms with van der Waals surface area (Å²) in [7, 11) is 0. The van der Waals surface area contributed by atoms with Crippen molar-refractivity contribution >= 4 is 11.4 Å². The molecule has 0 unspecified atom stereocenters. The highest BCUT2D eigenvalue weighted by Crippen LogP contribution is 2.24. The maximum Gasteiger partial charge on any atom is 0.0349 e. The zero-order chi connectivity index (χ0) is 13.1. The molecule has 0 aliphatic heterocycles. The summed E-state index contributed by atoms with van der Waals surface area (Å²) in [6, 6.07) is 14.3. The van der Waals surface area contributed by atoms with Gasteiger partial charge >= 0.3 is 0 Å². The molecule has 2 aromatic carbocycles. The highest BCUT2D eigenvalue weighted by atomic mass is 14.6. The molecule has 0 fully saturated rings. The van der Waals surface area contributed by atoms with Gasteiger partial charge in [-0.3, -0.25) is 0 Å². The molecule has 2 nitrogen and oxygen atoms in total. The van der Waals surface area contributed by atoms with Gasteiger partial charge in [-0.1, -0.05) is 38.1 Å². The van der Waals surface area contributed by atoms with E-state index in [9.17, 15) is 0 Å². The Labute approximate surface area is 109 Å². The lowest BCUT2D eigenvalue weighted by molar-refractivity contribution is 0.866. The molecule has 0 aliphatic rings. The lowest BCUT2D eigenvalue weighted by atomic mass is 9.96. The van der Waals surface area contributed by atoms with Gasteiger partial charge in [0.25, 0.3) is 0 Å². The zero-order valence-corrected chi connectivity index (χ0v) is 11.0. The third-order valence-corrected chi connectivity index (χ3v) is 3.16. The molecule has 0 bridgehead atoms. The van der Waals surface area contributed by atoms with Crippen molar-refractivity contribution in [1.82, 2.24) is 0 Å². The Bertz CT molecular complexity index is 527. The first-order valence-corrected chi connectivity index (χ1v) is 6.29. The first-order valence-electron chi connectivity index (χ1n) is 6.29. The fraction of sp³-hybridized carbons (Fsp3) is 0.250. The Morgan fingerprint density at radius 3 is 2.11 bits per heavy atom. The van der Waals surface area contributed by atoms with Crippen molar-refractivity contribution in [2.24, 2.45) is 0 Å². The van der Waals surface area contributed by atoms with Gasteiger partial charge in [-0.15, -0.1) is 0 Å². The van der Waals surface area contributed by atoms with Gasteiger partial charge in [0.05, 0.1) is 0 Å². The summed E-state index contributed by atoms with van der Waals surface area (Å²) in [5.41, 5.74) is 17.1. The Kier molecular flexibility index (Phi) is 3.56. The van der Waals surface area contributed by atoms with E-state index in [1.165, 1.54) is 16.7 Å². The average Bonchev–Trinajstić information content (AvgIpc) is 2.34. The monoisotopic (exact) mass is 240 g/mol. The smallest absolute Gasteiger partial charge is 0.0349 e. The van der Waals surface area contributed by atoms with Crippen LogP contribution in [0.25, 0.3) is 0 Å². The van der Waals surface area contributed by atoms with Crippen LogP contribution in [0.4, 0.5) is 11.4 Å². The Balaban J connectivity index is 2.24. The number of benzene rings is 2. The standard InChI is InChI=1S/C16H20N2/c1-11(2)15-10-13(5-8-16(15)18)9-12-3-6-14(17)7-4-12/h3-8,10-11H,9,17-18H2,1-2H3. The first-order chi connectivity index (χ1) is 8.56. The zero-order valence-electron chi connectivity index (χ0n) is 11.0. The number of anilines is 2. The number of nitrogen functional groups attached to an aromatic ring is 2. The molecule has 94 valence electrons. The van der Waals surface area contributed by atoms with Gasteiger partial charge in [0, 0.05) is 11.4 Å².